The lowest BCUT2D eigenvalue weighted by atomic mass is 10.1. The Kier molecular flexibility index (Phi) is 9.19. The van der Waals surface area contributed by atoms with Gasteiger partial charge in [0.05, 0.1) is 21.3 Å². The average molecular weight is 466 g/mol. The molecular formula is C23H35N3O7. The second kappa shape index (κ2) is 11.6. The molecule has 10 nitrogen and oxygen atoms in total. The van der Waals surface area contributed by atoms with Crippen LogP contribution in [0.1, 0.15) is 44.0 Å². The number of hydrogen-bond acceptors (Lipinski definition) is 7. The summed E-state index contributed by atoms with van der Waals surface area (Å²) >= 11 is 0. The highest BCUT2D eigenvalue weighted by Crippen LogP contribution is 2.38. The highest BCUT2D eigenvalue weighted by molar-refractivity contribution is 5.95. The molecule has 184 valence electrons. The largest absolute Gasteiger partial charge is 0.493 e. The van der Waals surface area contributed by atoms with Crippen LogP contribution >= 0.6 is 0 Å². The zero-order valence-corrected chi connectivity index (χ0v) is 20.4. The highest BCUT2D eigenvalue weighted by Gasteiger charge is 2.25. The smallest absolute Gasteiger partial charge is 0.407 e. The molecule has 3 amide bonds. The molecule has 0 saturated carbocycles. The maximum absolute atomic E-state index is 13.1. The number of rotatable bonds is 7. The molecule has 0 radical (unpaired) electrons. The second-order valence-electron chi connectivity index (χ2n) is 8.62. The van der Waals surface area contributed by atoms with Gasteiger partial charge in [0, 0.05) is 44.7 Å². The lowest BCUT2D eigenvalue weighted by Gasteiger charge is -2.23. The van der Waals surface area contributed by atoms with Gasteiger partial charge in [0.15, 0.2) is 11.5 Å². The van der Waals surface area contributed by atoms with Gasteiger partial charge < -0.3 is 34.1 Å². The minimum atomic E-state index is -0.590. The molecule has 1 N–H and O–H groups in total. The molecule has 1 aliphatic rings. The third-order valence-corrected chi connectivity index (χ3v) is 5.05. The van der Waals surface area contributed by atoms with Crippen LogP contribution in [0.2, 0.25) is 0 Å². The van der Waals surface area contributed by atoms with E-state index in [4.69, 9.17) is 18.9 Å². The van der Waals surface area contributed by atoms with Gasteiger partial charge in [-0.2, -0.15) is 0 Å². The number of alkyl carbamates (subject to hydrolysis) is 1. The molecule has 2 rings (SSSR count). The normalized spacial score (nSPS) is 14.2. The van der Waals surface area contributed by atoms with E-state index in [2.05, 4.69) is 5.32 Å². The number of hydrogen-bond donors (Lipinski definition) is 1. The first kappa shape index (κ1) is 26.1. The highest BCUT2D eigenvalue weighted by atomic mass is 16.6. The predicted octanol–water partition coefficient (Wildman–Crippen LogP) is 2.30. The Morgan fingerprint density at radius 1 is 0.909 bits per heavy atom. The zero-order chi connectivity index (χ0) is 24.6. The monoisotopic (exact) mass is 465 g/mol. The summed E-state index contributed by atoms with van der Waals surface area (Å²) in [7, 11) is 4.50. The van der Waals surface area contributed by atoms with E-state index >= 15 is 0 Å². The Morgan fingerprint density at radius 2 is 1.48 bits per heavy atom. The Labute approximate surface area is 195 Å². The first-order chi connectivity index (χ1) is 15.6. The maximum atomic E-state index is 13.1. The molecule has 0 aromatic heterocycles. The molecule has 0 bridgehead atoms. The van der Waals surface area contributed by atoms with Crippen molar-refractivity contribution in [3.8, 4) is 17.2 Å². The van der Waals surface area contributed by atoms with Crippen LogP contribution in [0.15, 0.2) is 12.1 Å². The molecule has 1 aromatic carbocycles. The van der Waals surface area contributed by atoms with E-state index in [0.717, 1.165) is 0 Å². The van der Waals surface area contributed by atoms with Crippen molar-refractivity contribution in [3.05, 3.63) is 17.7 Å². The van der Waals surface area contributed by atoms with Gasteiger partial charge in [-0.05, 0) is 39.3 Å². The lowest BCUT2D eigenvalue weighted by molar-refractivity contribution is -0.130. The van der Waals surface area contributed by atoms with E-state index in [1.807, 2.05) is 0 Å². The molecular weight excluding hydrogens is 430 g/mol. The van der Waals surface area contributed by atoms with E-state index in [9.17, 15) is 14.4 Å². The summed E-state index contributed by atoms with van der Waals surface area (Å²) < 4.78 is 21.2. The average Bonchev–Trinajstić information content (AvgIpc) is 3.02. The first-order valence-electron chi connectivity index (χ1n) is 10.9. The van der Waals surface area contributed by atoms with Crippen LogP contribution in [0.4, 0.5) is 4.79 Å². The van der Waals surface area contributed by atoms with Crippen LogP contribution in [0.3, 0.4) is 0 Å². The number of benzene rings is 1. The number of amides is 3. The van der Waals surface area contributed by atoms with Gasteiger partial charge in [0.25, 0.3) is 5.91 Å². The SMILES string of the molecule is COc1cc(C(=O)N2CCCN(C(=O)CCNC(=O)OC(C)(C)C)CC2)cc(OC)c1OC. The van der Waals surface area contributed by atoms with Gasteiger partial charge in [-0.25, -0.2) is 4.79 Å². The molecule has 0 atom stereocenters. The van der Waals surface area contributed by atoms with Crippen molar-refractivity contribution in [2.24, 2.45) is 0 Å². The number of methoxy groups -OCH3 is 3. The third kappa shape index (κ3) is 7.44. The van der Waals surface area contributed by atoms with Gasteiger partial charge in [-0.3, -0.25) is 9.59 Å². The molecule has 10 heteroatoms. The van der Waals surface area contributed by atoms with Crippen LogP contribution in [0.25, 0.3) is 0 Å². The fraction of sp³-hybridized carbons (Fsp3) is 0.609. The zero-order valence-electron chi connectivity index (χ0n) is 20.4. The number of ether oxygens (including phenoxy) is 4. The summed E-state index contributed by atoms with van der Waals surface area (Å²) in [6.45, 7) is 7.42. The van der Waals surface area contributed by atoms with Crippen molar-refractivity contribution in [1.29, 1.82) is 0 Å². The fourth-order valence-electron chi connectivity index (χ4n) is 3.50. The molecule has 1 aromatic rings. The molecule has 33 heavy (non-hydrogen) atoms. The van der Waals surface area contributed by atoms with Gasteiger partial charge >= 0.3 is 6.09 Å². The first-order valence-corrected chi connectivity index (χ1v) is 10.9. The minimum absolute atomic E-state index is 0.0758. The maximum Gasteiger partial charge on any atom is 0.407 e. The van der Waals surface area contributed by atoms with Gasteiger partial charge in [-0.15, -0.1) is 0 Å². The molecule has 1 aliphatic heterocycles. The van der Waals surface area contributed by atoms with Crippen molar-refractivity contribution >= 4 is 17.9 Å². The standard InChI is InChI=1S/C23H35N3O7/c1-23(2,3)33-22(29)24-9-8-19(27)25-10-7-11-26(13-12-25)21(28)16-14-17(30-4)20(32-6)18(15-16)31-5/h14-15H,7-13H2,1-6H3,(H,24,29). The summed E-state index contributed by atoms with van der Waals surface area (Å²) in [5.41, 5.74) is -0.168. The van der Waals surface area contributed by atoms with Crippen LogP contribution in [0.5, 0.6) is 17.2 Å². The number of carbonyl (C=O) groups excluding carboxylic acids is 3. The van der Waals surface area contributed by atoms with Crippen LogP contribution in [-0.2, 0) is 9.53 Å². The van der Waals surface area contributed by atoms with Crippen molar-refractivity contribution < 1.29 is 33.3 Å². The van der Waals surface area contributed by atoms with E-state index in [1.165, 1.54) is 21.3 Å². The number of nitrogens with zero attached hydrogens (tertiary/aromatic N) is 2. The Morgan fingerprint density at radius 3 is 2.03 bits per heavy atom. The number of carbonyl (C=O) groups is 3. The quantitative estimate of drug-likeness (QED) is 0.658. The van der Waals surface area contributed by atoms with Gasteiger partial charge in [-0.1, -0.05) is 0 Å². The van der Waals surface area contributed by atoms with Crippen LogP contribution in [-0.4, -0.2) is 87.4 Å². The Balaban J connectivity index is 1.95. The molecule has 1 fully saturated rings. The summed E-state index contributed by atoms with van der Waals surface area (Å²) in [6, 6.07) is 3.25. The van der Waals surface area contributed by atoms with E-state index in [1.54, 1.807) is 42.7 Å². The number of nitrogens with one attached hydrogen (secondary N) is 1. The second-order valence-corrected chi connectivity index (χ2v) is 8.62. The predicted molar refractivity (Wildman–Crippen MR) is 122 cm³/mol. The topological polar surface area (TPSA) is 107 Å². The molecule has 0 aliphatic carbocycles. The third-order valence-electron chi connectivity index (χ3n) is 5.05. The minimum Gasteiger partial charge on any atom is -0.493 e. The van der Waals surface area contributed by atoms with Crippen molar-refractivity contribution in [2.75, 3.05) is 54.1 Å². The fourth-order valence-corrected chi connectivity index (χ4v) is 3.50. The van der Waals surface area contributed by atoms with Gasteiger partial charge in [0.2, 0.25) is 11.7 Å². The van der Waals surface area contributed by atoms with Crippen LogP contribution < -0.4 is 19.5 Å². The van der Waals surface area contributed by atoms with Crippen molar-refractivity contribution in [1.82, 2.24) is 15.1 Å². The summed E-state index contributed by atoms with van der Waals surface area (Å²) in [4.78, 5) is 40.9. The van der Waals surface area contributed by atoms with Crippen LogP contribution in [0, 0.1) is 0 Å². The van der Waals surface area contributed by atoms with Gasteiger partial charge in [0.1, 0.15) is 5.60 Å². The molecule has 0 unspecified atom stereocenters. The lowest BCUT2D eigenvalue weighted by Crippen LogP contribution is -2.39. The summed E-state index contributed by atoms with van der Waals surface area (Å²) in [5, 5.41) is 2.60. The summed E-state index contributed by atoms with van der Waals surface area (Å²) in [6.07, 6.45) is 0.273. The van der Waals surface area contributed by atoms with E-state index in [0.29, 0.717) is 55.4 Å². The Hall–Kier alpha value is -3.17. The summed E-state index contributed by atoms with van der Waals surface area (Å²) in [5.74, 6) is 0.987. The Bertz CT molecular complexity index is 826. The van der Waals surface area contributed by atoms with Crippen molar-refractivity contribution in [2.45, 2.75) is 39.2 Å². The molecule has 0 spiro atoms. The van der Waals surface area contributed by atoms with Crippen molar-refractivity contribution in [3.63, 3.8) is 0 Å². The van der Waals surface area contributed by atoms with E-state index in [-0.39, 0.29) is 24.8 Å². The van der Waals surface area contributed by atoms with E-state index < -0.39 is 11.7 Å². The molecule has 1 heterocycles. The molecule has 1 saturated heterocycles.